The molecule has 19 heavy (non-hydrogen) atoms. The van der Waals surface area contributed by atoms with Crippen LogP contribution in [0.5, 0.6) is 0 Å². The summed E-state index contributed by atoms with van der Waals surface area (Å²) in [5, 5.41) is 0.800. The van der Waals surface area contributed by atoms with Crippen LogP contribution in [-0.2, 0) is 6.54 Å². The molecule has 1 aromatic carbocycles. The van der Waals surface area contributed by atoms with E-state index in [2.05, 4.69) is 28.1 Å². The Morgan fingerprint density at radius 2 is 2.05 bits per heavy atom. The fourth-order valence-corrected chi connectivity index (χ4v) is 2.92. The Hall–Kier alpha value is -1.38. The van der Waals surface area contributed by atoms with Gasteiger partial charge >= 0.3 is 0 Å². The lowest BCUT2D eigenvalue weighted by Crippen LogP contribution is -2.22. The molecule has 0 saturated carbocycles. The number of aromatic nitrogens is 1. The van der Waals surface area contributed by atoms with Crippen molar-refractivity contribution in [2.45, 2.75) is 25.4 Å². The first-order valence-corrected chi connectivity index (χ1v) is 7.09. The molecule has 1 atom stereocenters. The van der Waals surface area contributed by atoms with Crippen LogP contribution in [0.15, 0.2) is 48.8 Å². The minimum Gasteiger partial charge on any atom is -0.292 e. The third-order valence-electron chi connectivity index (χ3n) is 3.73. The molecule has 1 aliphatic heterocycles. The van der Waals surface area contributed by atoms with Gasteiger partial charge in [0.15, 0.2) is 0 Å². The highest BCUT2D eigenvalue weighted by atomic mass is 35.5. The summed E-state index contributed by atoms with van der Waals surface area (Å²) in [6, 6.07) is 12.9. The summed E-state index contributed by atoms with van der Waals surface area (Å²) in [5.74, 6) is 0. The van der Waals surface area contributed by atoms with Gasteiger partial charge in [-0.15, -0.1) is 0 Å². The van der Waals surface area contributed by atoms with Gasteiger partial charge in [-0.3, -0.25) is 9.88 Å². The zero-order chi connectivity index (χ0) is 13.1. The van der Waals surface area contributed by atoms with Gasteiger partial charge in [-0.05, 0) is 48.7 Å². The molecule has 98 valence electrons. The molecule has 0 radical (unpaired) electrons. The van der Waals surface area contributed by atoms with Crippen LogP contribution in [0, 0.1) is 0 Å². The summed E-state index contributed by atoms with van der Waals surface area (Å²) in [6.45, 7) is 2.14. The van der Waals surface area contributed by atoms with Crippen molar-refractivity contribution in [3.63, 3.8) is 0 Å². The smallest absolute Gasteiger partial charge is 0.0406 e. The van der Waals surface area contributed by atoms with Crippen LogP contribution in [0.4, 0.5) is 0 Å². The SMILES string of the molecule is Clc1ccc(CN2CCCC2c2cccnc2)cc1. The lowest BCUT2D eigenvalue weighted by molar-refractivity contribution is 0.248. The van der Waals surface area contributed by atoms with Crippen LogP contribution >= 0.6 is 11.6 Å². The van der Waals surface area contributed by atoms with Gasteiger partial charge < -0.3 is 0 Å². The van der Waals surface area contributed by atoms with Gasteiger partial charge in [0.25, 0.3) is 0 Å². The molecule has 0 spiro atoms. The number of pyridine rings is 1. The minimum atomic E-state index is 0.504. The number of likely N-dealkylation sites (tertiary alicyclic amines) is 1. The second-order valence-electron chi connectivity index (χ2n) is 5.04. The van der Waals surface area contributed by atoms with Gasteiger partial charge in [-0.25, -0.2) is 0 Å². The number of benzene rings is 1. The summed E-state index contributed by atoms with van der Waals surface area (Å²) in [7, 11) is 0. The lowest BCUT2D eigenvalue weighted by Gasteiger charge is -2.24. The van der Waals surface area contributed by atoms with Gasteiger partial charge in [0, 0.05) is 30.0 Å². The molecular weight excluding hydrogens is 256 g/mol. The number of nitrogens with zero attached hydrogens (tertiary/aromatic N) is 2. The largest absolute Gasteiger partial charge is 0.292 e. The Balaban J connectivity index is 1.75. The number of hydrogen-bond donors (Lipinski definition) is 0. The van der Waals surface area contributed by atoms with Crippen LogP contribution in [0.3, 0.4) is 0 Å². The molecule has 0 amide bonds. The maximum atomic E-state index is 5.93. The summed E-state index contributed by atoms with van der Waals surface area (Å²) in [6.07, 6.45) is 6.30. The van der Waals surface area contributed by atoms with Gasteiger partial charge in [0.2, 0.25) is 0 Å². The normalized spacial score (nSPS) is 19.7. The predicted molar refractivity (Wildman–Crippen MR) is 78.1 cm³/mol. The molecule has 0 bridgehead atoms. The molecule has 2 aromatic rings. The molecule has 3 heteroatoms. The molecule has 1 aliphatic rings. The maximum Gasteiger partial charge on any atom is 0.0406 e. The van der Waals surface area contributed by atoms with Crippen LogP contribution in [-0.4, -0.2) is 16.4 Å². The fraction of sp³-hybridized carbons (Fsp3) is 0.312. The molecule has 0 aliphatic carbocycles. The average Bonchev–Trinajstić information content (AvgIpc) is 2.90. The zero-order valence-corrected chi connectivity index (χ0v) is 11.6. The first-order chi connectivity index (χ1) is 9.33. The molecule has 1 unspecified atom stereocenters. The van der Waals surface area contributed by atoms with Crippen molar-refractivity contribution in [3.8, 4) is 0 Å². The molecule has 1 aromatic heterocycles. The summed E-state index contributed by atoms with van der Waals surface area (Å²) in [4.78, 5) is 6.77. The topological polar surface area (TPSA) is 16.1 Å². The van der Waals surface area contributed by atoms with E-state index in [4.69, 9.17) is 11.6 Å². The monoisotopic (exact) mass is 272 g/mol. The van der Waals surface area contributed by atoms with Crippen molar-refractivity contribution in [2.75, 3.05) is 6.54 Å². The number of hydrogen-bond acceptors (Lipinski definition) is 2. The first-order valence-electron chi connectivity index (χ1n) is 6.71. The van der Waals surface area contributed by atoms with Crippen molar-refractivity contribution < 1.29 is 0 Å². The van der Waals surface area contributed by atoms with Crippen molar-refractivity contribution in [1.29, 1.82) is 0 Å². The van der Waals surface area contributed by atoms with Crippen LogP contribution < -0.4 is 0 Å². The highest BCUT2D eigenvalue weighted by Gasteiger charge is 2.25. The van der Waals surface area contributed by atoms with Gasteiger partial charge in [-0.2, -0.15) is 0 Å². The number of halogens is 1. The van der Waals surface area contributed by atoms with Gasteiger partial charge in [-0.1, -0.05) is 29.8 Å². The molecule has 2 heterocycles. The maximum absolute atomic E-state index is 5.93. The Labute approximate surface area is 119 Å². The Kier molecular flexibility index (Phi) is 3.81. The highest BCUT2D eigenvalue weighted by Crippen LogP contribution is 2.32. The van der Waals surface area contributed by atoms with E-state index in [0.717, 1.165) is 18.1 Å². The molecule has 1 saturated heterocycles. The van der Waals surface area contributed by atoms with Crippen LogP contribution in [0.25, 0.3) is 0 Å². The standard InChI is InChI=1S/C16H17ClN2/c17-15-7-5-13(6-8-15)12-19-10-2-4-16(19)14-3-1-9-18-11-14/h1,3,5-9,11,16H,2,4,10,12H2. The van der Waals surface area contributed by atoms with E-state index in [1.165, 1.54) is 24.0 Å². The molecule has 1 fully saturated rings. The highest BCUT2D eigenvalue weighted by molar-refractivity contribution is 6.30. The lowest BCUT2D eigenvalue weighted by atomic mass is 10.1. The van der Waals surface area contributed by atoms with Crippen molar-refractivity contribution in [3.05, 3.63) is 64.9 Å². The molecule has 2 nitrogen and oxygen atoms in total. The van der Waals surface area contributed by atoms with E-state index < -0.39 is 0 Å². The summed E-state index contributed by atoms with van der Waals surface area (Å²) >= 11 is 5.93. The first kappa shape index (κ1) is 12.6. The Morgan fingerprint density at radius 3 is 2.79 bits per heavy atom. The second kappa shape index (κ2) is 5.72. The van der Waals surface area contributed by atoms with E-state index in [1.807, 2.05) is 30.6 Å². The van der Waals surface area contributed by atoms with Gasteiger partial charge in [0.1, 0.15) is 0 Å². The molecule has 0 N–H and O–H groups in total. The van der Waals surface area contributed by atoms with Crippen molar-refractivity contribution in [2.24, 2.45) is 0 Å². The van der Waals surface area contributed by atoms with Crippen LogP contribution in [0.2, 0.25) is 5.02 Å². The fourth-order valence-electron chi connectivity index (χ4n) is 2.79. The van der Waals surface area contributed by atoms with Gasteiger partial charge in [0.05, 0.1) is 0 Å². The third-order valence-corrected chi connectivity index (χ3v) is 3.98. The minimum absolute atomic E-state index is 0.504. The molecule has 3 rings (SSSR count). The van der Waals surface area contributed by atoms with Crippen molar-refractivity contribution >= 4 is 11.6 Å². The summed E-state index contributed by atoms with van der Waals surface area (Å²) < 4.78 is 0. The second-order valence-corrected chi connectivity index (χ2v) is 5.48. The Bertz CT molecular complexity index is 524. The van der Waals surface area contributed by atoms with E-state index in [-0.39, 0.29) is 0 Å². The van der Waals surface area contributed by atoms with E-state index in [1.54, 1.807) is 0 Å². The third kappa shape index (κ3) is 2.96. The van der Waals surface area contributed by atoms with E-state index in [0.29, 0.717) is 6.04 Å². The quantitative estimate of drug-likeness (QED) is 0.837. The molecular formula is C16H17ClN2. The predicted octanol–water partition coefficient (Wildman–Crippen LogP) is 4.07. The van der Waals surface area contributed by atoms with E-state index >= 15 is 0 Å². The number of rotatable bonds is 3. The van der Waals surface area contributed by atoms with Crippen LogP contribution in [0.1, 0.15) is 30.0 Å². The Morgan fingerprint density at radius 1 is 1.21 bits per heavy atom. The summed E-state index contributed by atoms with van der Waals surface area (Å²) in [5.41, 5.74) is 2.65. The zero-order valence-electron chi connectivity index (χ0n) is 10.8. The van der Waals surface area contributed by atoms with Crippen molar-refractivity contribution in [1.82, 2.24) is 9.88 Å². The average molecular weight is 273 g/mol. The van der Waals surface area contributed by atoms with E-state index in [9.17, 15) is 0 Å².